The molecule has 25 heavy (non-hydrogen) atoms. The molecular formula is C19H24N2O4. The van der Waals surface area contributed by atoms with Gasteiger partial charge in [0.25, 0.3) is 11.8 Å². The fraction of sp³-hybridized carbons (Fsp3) is 0.526. The molecule has 0 spiro atoms. The van der Waals surface area contributed by atoms with Crippen molar-refractivity contribution in [1.29, 1.82) is 0 Å². The van der Waals surface area contributed by atoms with E-state index in [0.29, 0.717) is 29.9 Å². The van der Waals surface area contributed by atoms with E-state index in [-0.39, 0.29) is 24.3 Å². The lowest BCUT2D eigenvalue weighted by molar-refractivity contribution is -0.133. The van der Waals surface area contributed by atoms with Crippen molar-refractivity contribution in [2.75, 3.05) is 33.4 Å². The minimum absolute atomic E-state index is 0.104. The number of ether oxygens (including phenoxy) is 1. The first kappa shape index (κ1) is 17.6. The molecule has 0 aliphatic carbocycles. The molecule has 1 aromatic rings. The molecule has 3 amide bonds. The summed E-state index contributed by atoms with van der Waals surface area (Å²) in [7, 11) is 1.71. The molecule has 1 fully saturated rings. The van der Waals surface area contributed by atoms with E-state index in [1.165, 1.54) is 4.90 Å². The number of hydrogen-bond acceptors (Lipinski definition) is 4. The molecule has 0 bridgehead atoms. The van der Waals surface area contributed by atoms with Gasteiger partial charge >= 0.3 is 0 Å². The van der Waals surface area contributed by atoms with Crippen molar-refractivity contribution >= 4 is 17.7 Å². The Balaban J connectivity index is 1.45. The number of nitrogens with zero attached hydrogens (tertiary/aromatic N) is 2. The monoisotopic (exact) mass is 344 g/mol. The number of likely N-dealkylation sites (tertiary alicyclic amines) is 1. The second-order valence-corrected chi connectivity index (χ2v) is 6.69. The van der Waals surface area contributed by atoms with Gasteiger partial charge in [-0.25, -0.2) is 0 Å². The molecule has 0 unspecified atom stereocenters. The van der Waals surface area contributed by atoms with E-state index in [2.05, 4.69) is 0 Å². The smallest absolute Gasteiger partial charge is 0.261 e. The molecular weight excluding hydrogens is 320 g/mol. The van der Waals surface area contributed by atoms with Gasteiger partial charge in [0.2, 0.25) is 5.91 Å². The van der Waals surface area contributed by atoms with Gasteiger partial charge in [-0.1, -0.05) is 12.1 Å². The van der Waals surface area contributed by atoms with E-state index in [4.69, 9.17) is 4.74 Å². The zero-order chi connectivity index (χ0) is 17.8. The van der Waals surface area contributed by atoms with E-state index in [9.17, 15) is 14.4 Å². The first-order chi connectivity index (χ1) is 12.1. The molecule has 0 atom stereocenters. The number of piperidine rings is 1. The SMILES string of the molecule is COCC1CCN(C(=O)CCCN2C(=O)c3ccccc3C2=O)CC1. The summed E-state index contributed by atoms with van der Waals surface area (Å²) in [6, 6.07) is 6.85. The van der Waals surface area contributed by atoms with E-state index >= 15 is 0 Å². The van der Waals surface area contributed by atoms with Crippen molar-refractivity contribution in [3.8, 4) is 0 Å². The number of benzene rings is 1. The standard InChI is InChI=1S/C19H24N2O4/c1-25-13-14-8-11-20(12-9-14)17(22)7-4-10-21-18(23)15-5-2-3-6-16(15)19(21)24/h2-3,5-6,14H,4,7-13H2,1H3. The van der Waals surface area contributed by atoms with E-state index in [1.54, 1.807) is 31.4 Å². The number of fused-ring (bicyclic) bond motifs is 1. The van der Waals surface area contributed by atoms with Crippen LogP contribution < -0.4 is 0 Å². The molecule has 3 rings (SSSR count). The van der Waals surface area contributed by atoms with Crippen LogP contribution in [-0.2, 0) is 9.53 Å². The minimum atomic E-state index is -0.256. The molecule has 134 valence electrons. The fourth-order valence-corrected chi connectivity index (χ4v) is 3.57. The number of amides is 3. The number of methoxy groups -OCH3 is 1. The molecule has 1 saturated heterocycles. The molecule has 2 aliphatic heterocycles. The average molecular weight is 344 g/mol. The lowest BCUT2D eigenvalue weighted by Gasteiger charge is -2.31. The van der Waals surface area contributed by atoms with Crippen molar-refractivity contribution in [1.82, 2.24) is 9.80 Å². The first-order valence-electron chi connectivity index (χ1n) is 8.83. The third kappa shape index (κ3) is 3.74. The summed E-state index contributed by atoms with van der Waals surface area (Å²) in [5, 5.41) is 0. The van der Waals surface area contributed by atoms with Gasteiger partial charge in [0, 0.05) is 39.8 Å². The number of imide groups is 1. The lowest BCUT2D eigenvalue weighted by atomic mass is 9.97. The Labute approximate surface area is 147 Å². The number of hydrogen-bond donors (Lipinski definition) is 0. The van der Waals surface area contributed by atoms with Crippen molar-refractivity contribution in [2.24, 2.45) is 5.92 Å². The van der Waals surface area contributed by atoms with Gasteiger partial charge in [0.05, 0.1) is 11.1 Å². The molecule has 2 aliphatic rings. The van der Waals surface area contributed by atoms with Crippen LogP contribution in [0.4, 0.5) is 0 Å². The second kappa shape index (κ2) is 7.78. The van der Waals surface area contributed by atoms with Gasteiger partial charge in [-0.15, -0.1) is 0 Å². The highest BCUT2D eigenvalue weighted by atomic mass is 16.5. The summed E-state index contributed by atoms with van der Waals surface area (Å²) in [6.07, 6.45) is 2.81. The van der Waals surface area contributed by atoms with Crippen molar-refractivity contribution < 1.29 is 19.1 Å². The Morgan fingerprint density at radius 3 is 2.28 bits per heavy atom. The number of rotatable bonds is 6. The van der Waals surface area contributed by atoms with Crippen LogP contribution in [0.3, 0.4) is 0 Å². The Bertz CT molecular complexity index is 630. The molecule has 6 nitrogen and oxygen atoms in total. The quantitative estimate of drug-likeness (QED) is 0.740. The highest BCUT2D eigenvalue weighted by Gasteiger charge is 2.34. The summed E-state index contributed by atoms with van der Waals surface area (Å²) < 4.78 is 5.17. The zero-order valence-corrected chi connectivity index (χ0v) is 14.6. The Morgan fingerprint density at radius 1 is 1.12 bits per heavy atom. The molecule has 6 heteroatoms. The summed E-state index contributed by atoms with van der Waals surface area (Å²) >= 11 is 0. The topological polar surface area (TPSA) is 66.9 Å². The van der Waals surface area contributed by atoms with E-state index < -0.39 is 0 Å². The second-order valence-electron chi connectivity index (χ2n) is 6.69. The van der Waals surface area contributed by atoms with Crippen LogP contribution in [0.25, 0.3) is 0 Å². The normalized spacial score (nSPS) is 18.0. The van der Waals surface area contributed by atoms with Gasteiger partial charge in [-0.2, -0.15) is 0 Å². The van der Waals surface area contributed by atoms with Gasteiger partial charge in [0.15, 0.2) is 0 Å². The first-order valence-corrected chi connectivity index (χ1v) is 8.83. The van der Waals surface area contributed by atoms with Gasteiger partial charge < -0.3 is 9.64 Å². The summed E-state index contributed by atoms with van der Waals surface area (Å²) in [5.74, 6) is 0.127. The van der Waals surface area contributed by atoms with Crippen LogP contribution in [0.2, 0.25) is 0 Å². The third-order valence-electron chi connectivity index (χ3n) is 5.02. The molecule has 0 saturated carbocycles. The van der Waals surface area contributed by atoms with Crippen molar-refractivity contribution in [2.45, 2.75) is 25.7 Å². The predicted octanol–water partition coefficient (Wildman–Crippen LogP) is 1.95. The summed E-state index contributed by atoms with van der Waals surface area (Å²) in [4.78, 5) is 40.0. The van der Waals surface area contributed by atoms with Gasteiger partial charge in [-0.05, 0) is 37.3 Å². The van der Waals surface area contributed by atoms with Crippen LogP contribution in [0.5, 0.6) is 0 Å². The van der Waals surface area contributed by atoms with Crippen LogP contribution >= 0.6 is 0 Å². The van der Waals surface area contributed by atoms with Gasteiger partial charge in [0.1, 0.15) is 0 Å². The van der Waals surface area contributed by atoms with E-state index in [0.717, 1.165) is 32.5 Å². The Hall–Kier alpha value is -2.21. The minimum Gasteiger partial charge on any atom is -0.384 e. The maximum atomic E-state index is 12.3. The highest BCUT2D eigenvalue weighted by molar-refractivity contribution is 6.21. The summed E-state index contributed by atoms with van der Waals surface area (Å²) in [5.41, 5.74) is 0.915. The van der Waals surface area contributed by atoms with Crippen LogP contribution in [0.1, 0.15) is 46.4 Å². The van der Waals surface area contributed by atoms with Crippen molar-refractivity contribution in [3.63, 3.8) is 0 Å². The van der Waals surface area contributed by atoms with Crippen LogP contribution in [0, 0.1) is 5.92 Å². The predicted molar refractivity (Wildman–Crippen MR) is 92.2 cm³/mol. The fourth-order valence-electron chi connectivity index (χ4n) is 3.57. The van der Waals surface area contributed by atoms with E-state index in [1.807, 2.05) is 4.90 Å². The Kier molecular flexibility index (Phi) is 5.48. The molecule has 0 radical (unpaired) electrons. The van der Waals surface area contributed by atoms with Crippen LogP contribution in [0.15, 0.2) is 24.3 Å². The third-order valence-corrected chi connectivity index (χ3v) is 5.02. The van der Waals surface area contributed by atoms with Gasteiger partial charge in [-0.3, -0.25) is 19.3 Å². The lowest BCUT2D eigenvalue weighted by Crippen LogP contribution is -2.39. The highest BCUT2D eigenvalue weighted by Crippen LogP contribution is 2.23. The summed E-state index contributed by atoms with van der Waals surface area (Å²) in [6.45, 7) is 2.57. The molecule has 0 aromatic heterocycles. The van der Waals surface area contributed by atoms with Crippen molar-refractivity contribution in [3.05, 3.63) is 35.4 Å². The zero-order valence-electron chi connectivity index (χ0n) is 14.6. The largest absolute Gasteiger partial charge is 0.384 e. The average Bonchev–Trinajstić information content (AvgIpc) is 2.88. The molecule has 0 N–H and O–H groups in total. The maximum absolute atomic E-state index is 12.3. The number of carbonyl (C=O) groups is 3. The maximum Gasteiger partial charge on any atom is 0.261 e. The number of carbonyl (C=O) groups excluding carboxylic acids is 3. The Morgan fingerprint density at radius 2 is 1.72 bits per heavy atom. The van der Waals surface area contributed by atoms with Crippen LogP contribution in [-0.4, -0.2) is 60.9 Å². The molecule has 2 heterocycles. The molecule has 1 aromatic carbocycles.